The highest BCUT2D eigenvalue weighted by molar-refractivity contribution is 8.12. The lowest BCUT2D eigenvalue weighted by molar-refractivity contribution is -0.110. The summed E-state index contributed by atoms with van der Waals surface area (Å²) in [5, 5.41) is 5.72. The molecule has 1 aromatic carbocycles. The van der Waals surface area contributed by atoms with E-state index in [1.807, 2.05) is 18.2 Å². The van der Waals surface area contributed by atoms with E-state index in [2.05, 4.69) is 26.0 Å². The molecule has 4 N–H and O–H groups in total. The van der Waals surface area contributed by atoms with E-state index in [9.17, 15) is 0 Å². The lowest BCUT2D eigenvalue weighted by Gasteiger charge is -1.94. The van der Waals surface area contributed by atoms with E-state index in [0.717, 1.165) is 5.75 Å². The first-order chi connectivity index (χ1) is 6.70. The van der Waals surface area contributed by atoms with Gasteiger partial charge in [0, 0.05) is 5.75 Å². The largest absolute Gasteiger partial charge is 0.300 e. The van der Waals surface area contributed by atoms with Crippen LogP contribution in [-0.4, -0.2) is 5.17 Å². The molecule has 0 bridgehead atoms. The number of nitrogens with two attached hydrogens (primary N) is 2. The van der Waals surface area contributed by atoms with Crippen molar-refractivity contribution in [3.05, 3.63) is 35.9 Å². The quantitative estimate of drug-likeness (QED) is 0.574. The van der Waals surface area contributed by atoms with Gasteiger partial charge in [-0.2, -0.15) is 0 Å². The number of hydrogen-bond acceptors (Lipinski definition) is 1. The Kier molecular flexibility index (Phi) is 8.04. The monoisotopic (exact) mass is 211 g/mol. The highest BCUT2D eigenvalue weighted by Gasteiger charge is 1.96. The summed E-state index contributed by atoms with van der Waals surface area (Å²) in [5.74, 6) is 0.850. The molecule has 0 aliphatic rings. The third kappa shape index (κ3) is 7.68. The van der Waals surface area contributed by atoms with Crippen molar-refractivity contribution in [1.29, 1.82) is 0 Å². The van der Waals surface area contributed by atoms with E-state index in [0.29, 0.717) is 5.17 Å². The maximum absolute atomic E-state index is 5.30. The summed E-state index contributed by atoms with van der Waals surface area (Å²) in [5.41, 5.74) is 6.54. The molecule has 0 atom stereocenters. The molecule has 0 fully saturated rings. The second-order valence-electron chi connectivity index (χ2n) is 2.88. The van der Waals surface area contributed by atoms with Crippen LogP contribution in [0.5, 0.6) is 0 Å². The van der Waals surface area contributed by atoms with Gasteiger partial charge in [-0.1, -0.05) is 50.6 Å². The summed E-state index contributed by atoms with van der Waals surface area (Å²) in [6.45, 7) is 4.25. The van der Waals surface area contributed by atoms with Crippen LogP contribution >= 0.6 is 11.8 Å². The molecule has 2 nitrogen and oxygen atoms in total. The molecule has 14 heavy (non-hydrogen) atoms. The van der Waals surface area contributed by atoms with Gasteiger partial charge in [-0.25, -0.2) is 0 Å². The summed E-state index contributed by atoms with van der Waals surface area (Å²) in [4.78, 5) is 0. The molecule has 1 rings (SSSR count). The minimum absolute atomic E-state index is 0.425. The number of amidine groups is 1. The van der Waals surface area contributed by atoms with Gasteiger partial charge in [-0.3, -0.25) is 11.1 Å². The van der Waals surface area contributed by atoms with Crippen molar-refractivity contribution in [3.63, 3.8) is 0 Å². The van der Waals surface area contributed by atoms with Crippen LogP contribution in [0.4, 0.5) is 0 Å². The minimum atomic E-state index is 0.425. The Balaban J connectivity index is 0.000000500. The van der Waals surface area contributed by atoms with Crippen LogP contribution in [-0.2, 0) is 5.75 Å². The molecule has 0 spiro atoms. The van der Waals surface area contributed by atoms with Crippen molar-refractivity contribution in [2.75, 3.05) is 0 Å². The Hall–Kier alpha value is -0.960. The molecular weight excluding hydrogens is 192 g/mol. The number of benzene rings is 1. The summed E-state index contributed by atoms with van der Waals surface area (Å²) >= 11 is 1.46. The van der Waals surface area contributed by atoms with Gasteiger partial charge >= 0.3 is 0 Å². The standard InChI is InChI=1S/C8H10N2S.C3H8/c9-8(10)11-6-7-4-2-1-3-5-7;1-3-2/h1-5H,6H2,(H3,9,10);3H2,1-2H3/p+1. The highest BCUT2D eigenvalue weighted by atomic mass is 32.2. The van der Waals surface area contributed by atoms with Gasteiger partial charge in [0.2, 0.25) is 0 Å². The molecular formula is C11H19N2S+. The molecule has 0 aromatic heterocycles. The fraction of sp³-hybridized carbons (Fsp3) is 0.364. The van der Waals surface area contributed by atoms with Crippen LogP contribution < -0.4 is 11.1 Å². The second kappa shape index (κ2) is 8.63. The maximum Gasteiger partial charge on any atom is 0.300 e. The lowest BCUT2D eigenvalue weighted by Crippen LogP contribution is -2.43. The zero-order valence-corrected chi connectivity index (χ0v) is 9.68. The molecule has 0 unspecified atom stereocenters. The number of hydrogen-bond donors (Lipinski definition) is 2. The van der Waals surface area contributed by atoms with Crippen molar-refractivity contribution in [3.8, 4) is 0 Å². The van der Waals surface area contributed by atoms with E-state index in [1.165, 1.54) is 23.7 Å². The minimum Gasteiger partial charge on any atom is -0.282 e. The molecule has 1 aromatic rings. The molecule has 3 heteroatoms. The zero-order valence-electron chi connectivity index (χ0n) is 8.86. The average molecular weight is 211 g/mol. The lowest BCUT2D eigenvalue weighted by atomic mass is 10.2. The molecule has 0 radical (unpaired) electrons. The van der Waals surface area contributed by atoms with Crippen LogP contribution in [0.15, 0.2) is 30.3 Å². The first kappa shape index (κ1) is 13.0. The molecule has 0 aliphatic carbocycles. The van der Waals surface area contributed by atoms with Crippen molar-refractivity contribution in [2.45, 2.75) is 26.0 Å². The first-order valence-electron chi connectivity index (χ1n) is 4.75. The van der Waals surface area contributed by atoms with Crippen LogP contribution in [0.25, 0.3) is 0 Å². The fourth-order valence-electron chi connectivity index (χ4n) is 0.741. The van der Waals surface area contributed by atoms with Crippen molar-refractivity contribution in [1.82, 2.24) is 0 Å². The third-order valence-corrected chi connectivity index (χ3v) is 2.06. The van der Waals surface area contributed by atoms with Crippen molar-refractivity contribution >= 4 is 16.9 Å². The normalized spacial score (nSPS) is 8.71. The van der Waals surface area contributed by atoms with E-state index >= 15 is 0 Å². The van der Waals surface area contributed by atoms with E-state index < -0.39 is 0 Å². The Morgan fingerprint density at radius 2 is 1.79 bits per heavy atom. The van der Waals surface area contributed by atoms with Crippen LogP contribution in [0, 0.1) is 0 Å². The molecule has 78 valence electrons. The first-order valence-corrected chi connectivity index (χ1v) is 5.73. The van der Waals surface area contributed by atoms with Gasteiger partial charge in [-0.15, -0.1) is 0 Å². The maximum atomic E-state index is 5.30. The topological polar surface area (TPSA) is 51.6 Å². The molecule has 0 amide bonds. The molecule has 0 heterocycles. The molecule has 0 aliphatic heterocycles. The summed E-state index contributed by atoms with van der Waals surface area (Å²) < 4.78 is 0. The van der Waals surface area contributed by atoms with Gasteiger partial charge in [0.25, 0.3) is 5.17 Å². The van der Waals surface area contributed by atoms with Crippen molar-refractivity contribution in [2.24, 2.45) is 5.73 Å². The third-order valence-electron chi connectivity index (χ3n) is 1.25. The summed E-state index contributed by atoms with van der Waals surface area (Å²) in [6, 6.07) is 10.1. The van der Waals surface area contributed by atoms with Gasteiger partial charge in [0.05, 0.1) is 0 Å². The Bertz CT molecular complexity index is 247. The number of rotatable bonds is 2. The summed E-state index contributed by atoms with van der Waals surface area (Å²) in [6.07, 6.45) is 1.25. The second-order valence-corrected chi connectivity index (χ2v) is 3.93. The van der Waals surface area contributed by atoms with Crippen LogP contribution in [0.2, 0.25) is 0 Å². The Morgan fingerprint density at radius 3 is 2.21 bits per heavy atom. The van der Waals surface area contributed by atoms with Gasteiger partial charge in [-0.05, 0) is 17.3 Å². The van der Waals surface area contributed by atoms with Gasteiger partial charge in [0.15, 0.2) is 0 Å². The summed E-state index contributed by atoms with van der Waals surface area (Å²) in [7, 11) is 0. The van der Waals surface area contributed by atoms with Gasteiger partial charge < -0.3 is 0 Å². The smallest absolute Gasteiger partial charge is 0.282 e. The van der Waals surface area contributed by atoms with Crippen LogP contribution in [0.1, 0.15) is 25.8 Å². The predicted octanol–water partition coefficient (Wildman–Crippen LogP) is 1.41. The zero-order chi connectivity index (χ0) is 10.8. The predicted molar refractivity (Wildman–Crippen MR) is 64.8 cm³/mol. The Labute approximate surface area is 90.4 Å². The number of thioether (sulfide) groups is 1. The molecule has 0 saturated carbocycles. The van der Waals surface area contributed by atoms with Gasteiger partial charge in [0.1, 0.15) is 0 Å². The van der Waals surface area contributed by atoms with Crippen LogP contribution in [0.3, 0.4) is 0 Å². The highest BCUT2D eigenvalue weighted by Crippen LogP contribution is 2.08. The Morgan fingerprint density at radius 1 is 1.29 bits per heavy atom. The van der Waals surface area contributed by atoms with E-state index in [4.69, 9.17) is 11.1 Å². The SMILES string of the molecule is CCC.NC(=[NH2+])SCc1ccccc1. The van der Waals surface area contributed by atoms with E-state index in [-0.39, 0.29) is 0 Å². The average Bonchev–Trinajstić information content (AvgIpc) is 2.18. The molecule has 0 saturated heterocycles. The van der Waals surface area contributed by atoms with E-state index in [1.54, 1.807) is 0 Å². The van der Waals surface area contributed by atoms with Crippen molar-refractivity contribution < 1.29 is 5.41 Å². The fourth-order valence-corrected chi connectivity index (χ4v) is 1.27.